The SMILES string of the molecule is CC(C)(C)c1ccccc1.CCO[N+](=O)[O-]. The van der Waals surface area contributed by atoms with E-state index in [4.69, 9.17) is 0 Å². The van der Waals surface area contributed by atoms with Gasteiger partial charge in [-0.25, -0.2) is 0 Å². The third-order valence-corrected chi connectivity index (χ3v) is 1.87. The zero-order valence-corrected chi connectivity index (χ0v) is 10.3. The first-order chi connectivity index (χ1) is 7.38. The second-order valence-electron chi connectivity index (χ2n) is 4.26. The van der Waals surface area contributed by atoms with Crippen molar-refractivity contribution in [3.63, 3.8) is 0 Å². The zero-order chi connectivity index (χ0) is 12.6. The third-order valence-electron chi connectivity index (χ3n) is 1.87. The van der Waals surface area contributed by atoms with Crippen LogP contribution in [-0.4, -0.2) is 11.7 Å². The second-order valence-corrected chi connectivity index (χ2v) is 4.26. The van der Waals surface area contributed by atoms with Gasteiger partial charge in [0.15, 0.2) is 0 Å². The molecule has 0 saturated heterocycles. The van der Waals surface area contributed by atoms with E-state index in [9.17, 15) is 10.1 Å². The van der Waals surface area contributed by atoms with Crippen LogP contribution in [-0.2, 0) is 10.3 Å². The minimum Gasteiger partial charge on any atom is -0.314 e. The van der Waals surface area contributed by atoms with Crippen LogP contribution in [0.4, 0.5) is 0 Å². The highest BCUT2D eigenvalue weighted by molar-refractivity contribution is 5.21. The van der Waals surface area contributed by atoms with E-state index in [1.165, 1.54) is 5.56 Å². The van der Waals surface area contributed by atoms with E-state index in [-0.39, 0.29) is 6.61 Å². The first-order valence-corrected chi connectivity index (χ1v) is 5.20. The Bertz CT molecular complexity index is 304. The molecule has 0 spiro atoms. The molecular formula is C12H19NO3. The van der Waals surface area contributed by atoms with Crippen LogP contribution < -0.4 is 0 Å². The summed E-state index contributed by atoms with van der Waals surface area (Å²) in [4.78, 5) is 12.9. The molecule has 0 aliphatic carbocycles. The molecule has 0 saturated carbocycles. The van der Waals surface area contributed by atoms with E-state index < -0.39 is 5.09 Å². The molecule has 0 bridgehead atoms. The molecule has 0 aromatic heterocycles. The van der Waals surface area contributed by atoms with Gasteiger partial charge in [-0.15, -0.1) is 10.1 Å². The summed E-state index contributed by atoms with van der Waals surface area (Å²) in [6.45, 7) is 8.36. The highest BCUT2D eigenvalue weighted by Crippen LogP contribution is 2.20. The van der Waals surface area contributed by atoms with E-state index in [2.05, 4.69) is 55.9 Å². The van der Waals surface area contributed by atoms with Crippen molar-refractivity contribution >= 4 is 0 Å². The lowest BCUT2D eigenvalue weighted by atomic mass is 9.87. The first-order valence-electron chi connectivity index (χ1n) is 5.20. The summed E-state index contributed by atoms with van der Waals surface area (Å²) in [6.07, 6.45) is 0. The number of hydrogen-bond acceptors (Lipinski definition) is 3. The van der Waals surface area contributed by atoms with E-state index >= 15 is 0 Å². The molecule has 0 aliphatic rings. The number of rotatable bonds is 2. The van der Waals surface area contributed by atoms with Gasteiger partial charge in [0.2, 0.25) is 0 Å². The largest absolute Gasteiger partial charge is 0.314 e. The molecule has 4 nitrogen and oxygen atoms in total. The molecule has 1 aromatic carbocycles. The van der Waals surface area contributed by atoms with Gasteiger partial charge >= 0.3 is 0 Å². The van der Waals surface area contributed by atoms with Gasteiger partial charge in [-0.2, -0.15) is 0 Å². The van der Waals surface area contributed by atoms with Crippen LogP contribution in [0, 0.1) is 10.1 Å². The lowest BCUT2D eigenvalue weighted by molar-refractivity contribution is -0.756. The quantitative estimate of drug-likeness (QED) is 0.573. The second kappa shape index (κ2) is 6.82. The average molecular weight is 225 g/mol. The van der Waals surface area contributed by atoms with Gasteiger partial charge in [-0.3, -0.25) is 0 Å². The Hall–Kier alpha value is -1.58. The molecular weight excluding hydrogens is 206 g/mol. The molecule has 0 heterocycles. The van der Waals surface area contributed by atoms with Crippen molar-refractivity contribution in [1.82, 2.24) is 0 Å². The minimum absolute atomic E-state index is 0.132. The summed E-state index contributed by atoms with van der Waals surface area (Å²) < 4.78 is 0. The van der Waals surface area contributed by atoms with Gasteiger partial charge in [0.25, 0.3) is 5.09 Å². The van der Waals surface area contributed by atoms with Gasteiger partial charge in [-0.1, -0.05) is 51.1 Å². The highest BCUT2D eigenvalue weighted by Gasteiger charge is 2.11. The third kappa shape index (κ3) is 6.81. The van der Waals surface area contributed by atoms with E-state index in [1.807, 2.05) is 0 Å². The molecule has 0 unspecified atom stereocenters. The maximum atomic E-state index is 9.18. The molecule has 0 amide bonds. The first kappa shape index (κ1) is 14.4. The Morgan fingerprint density at radius 2 is 1.75 bits per heavy atom. The highest BCUT2D eigenvalue weighted by atomic mass is 16.9. The lowest BCUT2D eigenvalue weighted by Crippen LogP contribution is -2.10. The molecule has 0 N–H and O–H groups in total. The fourth-order valence-corrected chi connectivity index (χ4v) is 1.04. The van der Waals surface area contributed by atoms with Crippen molar-refractivity contribution in [2.75, 3.05) is 6.61 Å². The fourth-order valence-electron chi connectivity index (χ4n) is 1.04. The van der Waals surface area contributed by atoms with Crippen LogP contribution in [0.15, 0.2) is 30.3 Å². The Morgan fingerprint density at radius 1 is 1.25 bits per heavy atom. The topological polar surface area (TPSA) is 52.4 Å². The molecule has 0 radical (unpaired) electrons. The molecule has 0 atom stereocenters. The van der Waals surface area contributed by atoms with Crippen molar-refractivity contribution in [2.24, 2.45) is 0 Å². The summed E-state index contributed by atoms with van der Waals surface area (Å²) in [5, 5.41) is 8.36. The maximum Gasteiger partial charge on any atom is 0.294 e. The molecule has 1 aromatic rings. The fraction of sp³-hybridized carbons (Fsp3) is 0.500. The monoisotopic (exact) mass is 225 g/mol. The van der Waals surface area contributed by atoms with Crippen LogP contribution in [0.5, 0.6) is 0 Å². The van der Waals surface area contributed by atoms with E-state index in [0.29, 0.717) is 5.41 Å². The molecule has 90 valence electrons. The van der Waals surface area contributed by atoms with E-state index in [0.717, 1.165) is 0 Å². The number of nitrogens with zero attached hydrogens (tertiary/aromatic N) is 1. The molecule has 4 heteroatoms. The van der Waals surface area contributed by atoms with Gasteiger partial charge in [0.05, 0.1) is 6.61 Å². The smallest absolute Gasteiger partial charge is 0.294 e. The van der Waals surface area contributed by atoms with Gasteiger partial charge < -0.3 is 4.84 Å². The average Bonchev–Trinajstić information content (AvgIpc) is 2.18. The Balaban J connectivity index is 0.000000325. The van der Waals surface area contributed by atoms with Crippen molar-refractivity contribution < 1.29 is 9.92 Å². The molecule has 16 heavy (non-hydrogen) atoms. The maximum absolute atomic E-state index is 9.18. The Morgan fingerprint density at radius 3 is 1.94 bits per heavy atom. The Kier molecular flexibility index (Phi) is 6.15. The normalized spacial score (nSPS) is 10.0. The van der Waals surface area contributed by atoms with Gasteiger partial charge in [0, 0.05) is 0 Å². The van der Waals surface area contributed by atoms with Crippen molar-refractivity contribution in [3.8, 4) is 0 Å². The number of benzene rings is 1. The molecule has 1 rings (SSSR count). The van der Waals surface area contributed by atoms with Crippen LogP contribution in [0.2, 0.25) is 0 Å². The number of hydrogen-bond donors (Lipinski definition) is 0. The standard InChI is InChI=1S/C10H14.C2H5NO3/c1-10(2,3)9-7-5-4-6-8-9;1-2-6-3(4)5/h4-8H,1-3H3;2H2,1H3. The molecule has 0 aliphatic heterocycles. The van der Waals surface area contributed by atoms with Crippen LogP contribution in [0.25, 0.3) is 0 Å². The van der Waals surface area contributed by atoms with Crippen molar-refractivity contribution in [3.05, 3.63) is 46.0 Å². The van der Waals surface area contributed by atoms with E-state index in [1.54, 1.807) is 6.92 Å². The lowest BCUT2D eigenvalue weighted by Gasteiger charge is -2.18. The van der Waals surface area contributed by atoms with Crippen LogP contribution in [0.1, 0.15) is 33.3 Å². The van der Waals surface area contributed by atoms with Crippen molar-refractivity contribution in [2.45, 2.75) is 33.1 Å². The predicted molar refractivity (Wildman–Crippen MR) is 63.8 cm³/mol. The Labute approximate surface area is 96.3 Å². The van der Waals surface area contributed by atoms with Gasteiger partial charge in [-0.05, 0) is 17.9 Å². The summed E-state index contributed by atoms with van der Waals surface area (Å²) in [5.74, 6) is 0. The van der Waals surface area contributed by atoms with Crippen LogP contribution in [0.3, 0.4) is 0 Å². The van der Waals surface area contributed by atoms with Crippen LogP contribution >= 0.6 is 0 Å². The van der Waals surface area contributed by atoms with Crippen molar-refractivity contribution in [1.29, 1.82) is 0 Å². The predicted octanol–water partition coefficient (Wildman–Crippen LogP) is 3.20. The summed E-state index contributed by atoms with van der Waals surface area (Å²) in [6, 6.07) is 10.6. The minimum atomic E-state index is -0.819. The zero-order valence-electron chi connectivity index (χ0n) is 10.3. The molecule has 0 fully saturated rings. The van der Waals surface area contributed by atoms with Gasteiger partial charge in [0.1, 0.15) is 0 Å². The summed E-state index contributed by atoms with van der Waals surface area (Å²) >= 11 is 0. The summed E-state index contributed by atoms with van der Waals surface area (Å²) in [5.41, 5.74) is 1.69. The summed E-state index contributed by atoms with van der Waals surface area (Å²) in [7, 11) is 0.